The summed E-state index contributed by atoms with van der Waals surface area (Å²) in [6.45, 7) is 5.29. The molecule has 18 heavy (non-hydrogen) atoms. The Bertz CT molecular complexity index is 405. The molecule has 1 aromatic carbocycles. The van der Waals surface area contributed by atoms with Crippen LogP contribution in [0.2, 0.25) is 0 Å². The number of aryl methyl sites for hydroxylation is 1. The van der Waals surface area contributed by atoms with E-state index in [1.165, 1.54) is 0 Å². The molecule has 0 aliphatic heterocycles. The van der Waals surface area contributed by atoms with Crippen LogP contribution in [0.1, 0.15) is 18.9 Å². The Morgan fingerprint density at radius 1 is 1.44 bits per heavy atom. The highest BCUT2D eigenvalue weighted by Gasteiger charge is 2.11. The fraction of sp³-hybridized carbons (Fsp3) is 0.500. The van der Waals surface area contributed by atoms with Gasteiger partial charge in [-0.3, -0.25) is 4.79 Å². The number of carbonyl (C=O) groups is 1. The van der Waals surface area contributed by atoms with Crippen LogP contribution in [0.15, 0.2) is 18.2 Å². The van der Waals surface area contributed by atoms with E-state index >= 15 is 0 Å². The summed E-state index contributed by atoms with van der Waals surface area (Å²) in [5.74, 6) is 0.977. The molecule has 0 unspecified atom stereocenters. The van der Waals surface area contributed by atoms with Crippen LogP contribution in [0.25, 0.3) is 0 Å². The monoisotopic (exact) mass is 250 g/mol. The number of amides is 1. The molecule has 4 heteroatoms. The molecular weight excluding hydrogens is 228 g/mol. The molecule has 0 aromatic heterocycles. The van der Waals surface area contributed by atoms with Gasteiger partial charge in [-0.05, 0) is 44.7 Å². The van der Waals surface area contributed by atoms with Gasteiger partial charge in [0.2, 0.25) is 5.91 Å². The Labute approximate surface area is 109 Å². The number of rotatable bonds is 6. The molecule has 0 radical (unpaired) electrons. The molecule has 1 aromatic rings. The Kier molecular flexibility index (Phi) is 5.65. The first-order valence-corrected chi connectivity index (χ1v) is 6.24. The topological polar surface area (TPSA) is 41.6 Å². The first-order chi connectivity index (χ1) is 8.60. The number of benzene rings is 1. The van der Waals surface area contributed by atoms with Crippen LogP contribution in [0.5, 0.6) is 5.75 Å². The summed E-state index contributed by atoms with van der Waals surface area (Å²) in [5.41, 5.74) is 1.94. The molecule has 0 aliphatic carbocycles. The Morgan fingerprint density at radius 2 is 2.17 bits per heavy atom. The number of nitrogens with zero attached hydrogens (tertiary/aromatic N) is 1. The lowest BCUT2D eigenvalue weighted by Gasteiger charge is -2.19. The smallest absolute Gasteiger partial charge is 0.227 e. The lowest BCUT2D eigenvalue weighted by Crippen LogP contribution is -2.28. The predicted molar refractivity (Wildman–Crippen MR) is 74.3 cm³/mol. The van der Waals surface area contributed by atoms with Crippen LogP contribution in [0.3, 0.4) is 0 Å². The van der Waals surface area contributed by atoms with Crippen molar-refractivity contribution in [3.05, 3.63) is 23.8 Å². The second kappa shape index (κ2) is 7.01. The highest BCUT2D eigenvalue weighted by atomic mass is 16.5. The van der Waals surface area contributed by atoms with Crippen molar-refractivity contribution in [2.75, 3.05) is 32.1 Å². The van der Waals surface area contributed by atoms with Gasteiger partial charge >= 0.3 is 0 Å². The number of carbonyl (C=O) groups excluding carboxylic acids is 1. The molecule has 100 valence electrons. The lowest BCUT2D eigenvalue weighted by atomic mass is 10.2. The van der Waals surface area contributed by atoms with Crippen molar-refractivity contribution < 1.29 is 9.53 Å². The van der Waals surface area contributed by atoms with E-state index in [-0.39, 0.29) is 5.91 Å². The van der Waals surface area contributed by atoms with Gasteiger partial charge in [0.05, 0.1) is 6.61 Å². The van der Waals surface area contributed by atoms with Crippen molar-refractivity contribution in [3.8, 4) is 5.75 Å². The van der Waals surface area contributed by atoms with Crippen LogP contribution in [0.4, 0.5) is 5.69 Å². The molecule has 1 rings (SSSR count). The molecule has 0 bridgehead atoms. The summed E-state index contributed by atoms with van der Waals surface area (Å²) in [4.78, 5) is 13.6. The quantitative estimate of drug-likeness (QED) is 0.839. The van der Waals surface area contributed by atoms with E-state index in [2.05, 4.69) is 5.32 Å². The second-order valence-corrected chi connectivity index (χ2v) is 4.19. The number of nitrogens with one attached hydrogen (secondary N) is 1. The van der Waals surface area contributed by atoms with Gasteiger partial charge in [0, 0.05) is 25.7 Å². The zero-order valence-electron chi connectivity index (χ0n) is 11.6. The highest BCUT2D eigenvalue weighted by Crippen LogP contribution is 2.24. The molecule has 0 atom stereocenters. The zero-order chi connectivity index (χ0) is 13.5. The Morgan fingerprint density at radius 3 is 2.72 bits per heavy atom. The predicted octanol–water partition coefficient (Wildman–Crippen LogP) is 1.97. The average Bonchev–Trinajstić information content (AvgIpc) is 2.37. The number of hydrogen-bond donors (Lipinski definition) is 1. The third kappa shape index (κ3) is 3.74. The van der Waals surface area contributed by atoms with Crippen molar-refractivity contribution in [1.82, 2.24) is 5.32 Å². The van der Waals surface area contributed by atoms with E-state index < -0.39 is 0 Å². The lowest BCUT2D eigenvalue weighted by molar-refractivity contribution is -0.118. The van der Waals surface area contributed by atoms with Crippen LogP contribution >= 0.6 is 0 Å². The van der Waals surface area contributed by atoms with Gasteiger partial charge in [-0.1, -0.05) is 0 Å². The number of hydrogen-bond acceptors (Lipinski definition) is 3. The molecule has 0 fully saturated rings. The van der Waals surface area contributed by atoms with Crippen molar-refractivity contribution >= 4 is 11.6 Å². The first-order valence-electron chi connectivity index (χ1n) is 6.24. The van der Waals surface area contributed by atoms with Crippen molar-refractivity contribution in [3.63, 3.8) is 0 Å². The summed E-state index contributed by atoms with van der Waals surface area (Å²) >= 11 is 0. The van der Waals surface area contributed by atoms with E-state index in [4.69, 9.17) is 4.74 Å². The van der Waals surface area contributed by atoms with Crippen molar-refractivity contribution in [2.24, 2.45) is 0 Å². The van der Waals surface area contributed by atoms with Gasteiger partial charge in [-0.15, -0.1) is 0 Å². The third-order valence-electron chi connectivity index (χ3n) is 2.81. The summed E-state index contributed by atoms with van der Waals surface area (Å²) in [5, 5.41) is 2.97. The van der Waals surface area contributed by atoms with Crippen molar-refractivity contribution in [2.45, 2.75) is 20.3 Å². The minimum Gasteiger partial charge on any atom is -0.494 e. The molecule has 1 N–H and O–H groups in total. The first kappa shape index (κ1) is 14.5. The molecule has 4 nitrogen and oxygen atoms in total. The zero-order valence-corrected chi connectivity index (χ0v) is 11.6. The van der Waals surface area contributed by atoms with Gasteiger partial charge in [-0.25, -0.2) is 0 Å². The maximum absolute atomic E-state index is 11.9. The summed E-state index contributed by atoms with van der Waals surface area (Å²) < 4.78 is 5.48. The molecule has 0 saturated heterocycles. The van der Waals surface area contributed by atoms with Gasteiger partial charge in [0.15, 0.2) is 0 Å². The Balaban J connectivity index is 2.77. The fourth-order valence-electron chi connectivity index (χ4n) is 1.70. The molecule has 0 saturated carbocycles. The van der Waals surface area contributed by atoms with Crippen molar-refractivity contribution in [1.29, 1.82) is 0 Å². The normalized spacial score (nSPS) is 10.2. The van der Waals surface area contributed by atoms with E-state index in [9.17, 15) is 4.79 Å². The Hall–Kier alpha value is -1.55. The SMILES string of the molecule is CCOc1ccc(N(C)C(=O)CCNC)cc1C. The fourth-order valence-corrected chi connectivity index (χ4v) is 1.70. The summed E-state index contributed by atoms with van der Waals surface area (Å²) in [6, 6.07) is 5.80. The maximum atomic E-state index is 11.9. The van der Waals surface area contributed by atoms with Gasteiger partial charge in [0.1, 0.15) is 5.75 Å². The van der Waals surface area contributed by atoms with Crippen LogP contribution in [-0.4, -0.2) is 33.2 Å². The van der Waals surface area contributed by atoms with E-state index in [1.54, 1.807) is 11.9 Å². The van der Waals surface area contributed by atoms with Gasteiger partial charge in [-0.2, -0.15) is 0 Å². The minimum atomic E-state index is 0.105. The summed E-state index contributed by atoms with van der Waals surface area (Å²) in [7, 11) is 3.64. The van der Waals surface area contributed by atoms with Gasteiger partial charge < -0.3 is 15.0 Å². The third-order valence-corrected chi connectivity index (χ3v) is 2.81. The molecule has 0 spiro atoms. The summed E-state index contributed by atoms with van der Waals surface area (Å²) in [6.07, 6.45) is 0.499. The van der Waals surface area contributed by atoms with Gasteiger partial charge in [0.25, 0.3) is 0 Å². The highest BCUT2D eigenvalue weighted by molar-refractivity contribution is 5.93. The standard InChI is InChI=1S/C14H22N2O2/c1-5-18-13-7-6-12(10-11(13)2)16(4)14(17)8-9-15-3/h6-7,10,15H,5,8-9H2,1-4H3. The van der Waals surface area contributed by atoms with E-state index in [0.29, 0.717) is 19.6 Å². The van der Waals surface area contributed by atoms with Crippen LogP contribution in [0, 0.1) is 6.92 Å². The molecule has 0 heterocycles. The average molecular weight is 250 g/mol. The molecular formula is C14H22N2O2. The van der Waals surface area contributed by atoms with E-state index in [1.807, 2.05) is 39.1 Å². The number of anilines is 1. The maximum Gasteiger partial charge on any atom is 0.227 e. The molecule has 1 amide bonds. The van der Waals surface area contributed by atoms with Crippen LogP contribution < -0.4 is 15.0 Å². The largest absolute Gasteiger partial charge is 0.494 e. The van der Waals surface area contributed by atoms with Crippen LogP contribution in [-0.2, 0) is 4.79 Å². The number of ether oxygens (including phenoxy) is 1. The van der Waals surface area contributed by atoms with E-state index in [0.717, 1.165) is 17.0 Å². The molecule has 0 aliphatic rings. The minimum absolute atomic E-state index is 0.105. The second-order valence-electron chi connectivity index (χ2n) is 4.19.